The number of carbonyl (C=O) groups is 1. The van der Waals surface area contributed by atoms with Crippen LogP contribution in [0.15, 0.2) is 6.07 Å². The molecule has 0 unspecified atom stereocenters. The number of carboxylic acid groups (broad SMARTS) is 1. The molecule has 0 aromatic carbocycles. The number of halogens is 1. The van der Waals surface area contributed by atoms with Gasteiger partial charge in [0, 0.05) is 0 Å². The molecule has 0 aliphatic carbocycles. The van der Waals surface area contributed by atoms with E-state index in [1.807, 2.05) is 0 Å². The first kappa shape index (κ1) is 11.2. The van der Waals surface area contributed by atoms with Crippen molar-refractivity contribution < 1.29 is 19.0 Å². The van der Waals surface area contributed by atoms with Crippen LogP contribution in [0.5, 0.6) is 5.75 Å². The summed E-state index contributed by atoms with van der Waals surface area (Å²) in [6.45, 7) is 1.25. The van der Waals surface area contributed by atoms with Gasteiger partial charge in [0.05, 0.1) is 18.5 Å². The van der Waals surface area contributed by atoms with Gasteiger partial charge in [-0.1, -0.05) is 0 Å². The van der Waals surface area contributed by atoms with Gasteiger partial charge in [-0.3, -0.25) is 0 Å². The highest BCUT2D eigenvalue weighted by atomic mass is 19.1. The van der Waals surface area contributed by atoms with E-state index >= 15 is 0 Å². The Hall–Kier alpha value is -1.85. The molecule has 0 fully saturated rings. The second-order valence-corrected chi connectivity index (χ2v) is 2.94. The zero-order valence-electron chi connectivity index (χ0n) is 8.32. The summed E-state index contributed by atoms with van der Waals surface area (Å²) in [5.41, 5.74) is 5.17. The summed E-state index contributed by atoms with van der Waals surface area (Å²) < 4.78 is 17.7. The van der Waals surface area contributed by atoms with E-state index in [1.165, 1.54) is 20.1 Å². The van der Waals surface area contributed by atoms with Crippen LogP contribution >= 0.6 is 0 Å². The first-order valence-electron chi connectivity index (χ1n) is 4.19. The van der Waals surface area contributed by atoms with E-state index in [2.05, 4.69) is 4.98 Å². The zero-order chi connectivity index (χ0) is 11.6. The topological polar surface area (TPSA) is 85.4 Å². The molecule has 3 N–H and O–H groups in total. The fourth-order valence-corrected chi connectivity index (χ4v) is 1.14. The second-order valence-electron chi connectivity index (χ2n) is 2.94. The van der Waals surface area contributed by atoms with Crippen LogP contribution < -0.4 is 10.5 Å². The van der Waals surface area contributed by atoms with Crippen molar-refractivity contribution in [1.29, 1.82) is 0 Å². The molecule has 0 radical (unpaired) electrons. The molecule has 0 spiro atoms. The van der Waals surface area contributed by atoms with E-state index in [0.29, 0.717) is 0 Å². The number of ether oxygens (including phenoxy) is 1. The number of nitrogen functional groups attached to an aromatic ring is 1. The minimum absolute atomic E-state index is 0.0225. The van der Waals surface area contributed by atoms with E-state index < -0.39 is 12.1 Å². The van der Waals surface area contributed by atoms with Crippen molar-refractivity contribution in [2.45, 2.75) is 13.1 Å². The number of rotatable bonds is 3. The molecule has 0 amide bonds. The number of hydrogen-bond donors (Lipinski definition) is 2. The van der Waals surface area contributed by atoms with Crippen molar-refractivity contribution in [3.8, 4) is 5.75 Å². The Kier molecular flexibility index (Phi) is 3.08. The second kappa shape index (κ2) is 4.12. The van der Waals surface area contributed by atoms with Crippen LogP contribution in [0, 0.1) is 0 Å². The van der Waals surface area contributed by atoms with Crippen LogP contribution in [0.2, 0.25) is 0 Å². The van der Waals surface area contributed by atoms with Gasteiger partial charge in [-0.15, -0.1) is 0 Å². The molecule has 15 heavy (non-hydrogen) atoms. The molecule has 1 atom stereocenters. The Morgan fingerprint density at radius 3 is 2.73 bits per heavy atom. The standard InChI is InChI=1S/C9H11FN2O3/c1-4(10)6-3-5(11)8(15-2)7(12-6)9(13)14/h3-4H,1-2H3,(H2,11,12)(H,13,14)/t4-/m0/s1. The maximum atomic E-state index is 12.9. The van der Waals surface area contributed by atoms with Gasteiger partial charge >= 0.3 is 5.97 Å². The number of hydrogen-bond acceptors (Lipinski definition) is 4. The van der Waals surface area contributed by atoms with E-state index in [1.54, 1.807) is 0 Å². The number of carboxylic acids is 1. The summed E-state index contributed by atoms with van der Waals surface area (Å²) in [5, 5.41) is 8.81. The molecule has 1 aromatic heterocycles. The Bertz CT molecular complexity index is 393. The molecule has 0 bridgehead atoms. The van der Waals surface area contributed by atoms with Crippen LogP contribution in [0.25, 0.3) is 0 Å². The van der Waals surface area contributed by atoms with E-state index in [9.17, 15) is 9.18 Å². The number of aromatic carboxylic acids is 1. The first-order valence-corrected chi connectivity index (χ1v) is 4.19. The lowest BCUT2D eigenvalue weighted by Crippen LogP contribution is -2.09. The lowest BCUT2D eigenvalue weighted by molar-refractivity contribution is 0.0686. The largest absolute Gasteiger partial charge is 0.492 e. The molecule has 0 aliphatic rings. The van der Waals surface area contributed by atoms with Gasteiger partial charge in [-0.2, -0.15) is 0 Å². The molecule has 82 valence electrons. The fourth-order valence-electron chi connectivity index (χ4n) is 1.14. The number of anilines is 1. The Morgan fingerprint density at radius 2 is 2.33 bits per heavy atom. The molecule has 1 rings (SSSR count). The van der Waals surface area contributed by atoms with Gasteiger partial charge < -0.3 is 15.6 Å². The minimum Gasteiger partial charge on any atom is -0.492 e. The highest BCUT2D eigenvalue weighted by molar-refractivity contribution is 5.91. The molecule has 6 heteroatoms. The van der Waals surface area contributed by atoms with E-state index in [4.69, 9.17) is 15.6 Å². The van der Waals surface area contributed by atoms with Crippen LogP contribution in [0.1, 0.15) is 29.3 Å². The van der Waals surface area contributed by atoms with E-state index in [-0.39, 0.29) is 22.8 Å². The van der Waals surface area contributed by atoms with Crippen molar-refractivity contribution in [2.24, 2.45) is 0 Å². The molecule has 1 heterocycles. The molecular weight excluding hydrogens is 203 g/mol. The molecule has 1 aromatic rings. The minimum atomic E-state index is -1.38. The Labute approximate surface area is 85.7 Å². The summed E-state index contributed by atoms with van der Waals surface area (Å²) in [5.74, 6) is -1.35. The molecule has 0 aliphatic heterocycles. The van der Waals surface area contributed by atoms with Gasteiger partial charge in [0.1, 0.15) is 6.17 Å². The fraction of sp³-hybridized carbons (Fsp3) is 0.333. The highest BCUT2D eigenvalue weighted by Crippen LogP contribution is 2.28. The van der Waals surface area contributed by atoms with Gasteiger partial charge in [0.2, 0.25) is 0 Å². The lowest BCUT2D eigenvalue weighted by atomic mass is 10.2. The predicted molar refractivity (Wildman–Crippen MR) is 51.7 cm³/mol. The average Bonchev–Trinajstić information content (AvgIpc) is 2.16. The zero-order valence-corrected chi connectivity index (χ0v) is 8.32. The normalized spacial score (nSPS) is 12.2. The summed E-state index contributed by atoms with van der Waals surface area (Å²) in [6.07, 6.45) is -1.38. The number of alkyl halides is 1. The maximum Gasteiger partial charge on any atom is 0.358 e. The van der Waals surface area contributed by atoms with Crippen molar-refractivity contribution in [1.82, 2.24) is 4.98 Å². The van der Waals surface area contributed by atoms with Crippen molar-refractivity contribution >= 4 is 11.7 Å². The van der Waals surface area contributed by atoms with Crippen LogP contribution in [0.4, 0.5) is 10.1 Å². The molecule has 5 nitrogen and oxygen atoms in total. The lowest BCUT2D eigenvalue weighted by Gasteiger charge is -2.10. The SMILES string of the molecule is COc1c(N)cc([C@H](C)F)nc1C(=O)O. The number of nitrogens with zero attached hydrogens (tertiary/aromatic N) is 1. The Balaban J connectivity index is 3.38. The van der Waals surface area contributed by atoms with Crippen LogP contribution in [-0.4, -0.2) is 23.2 Å². The highest BCUT2D eigenvalue weighted by Gasteiger charge is 2.19. The smallest absolute Gasteiger partial charge is 0.358 e. The number of nitrogens with two attached hydrogens (primary N) is 1. The van der Waals surface area contributed by atoms with Gasteiger partial charge in [0.25, 0.3) is 0 Å². The number of methoxy groups -OCH3 is 1. The summed E-state index contributed by atoms with van der Waals surface area (Å²) >= 11 is 0. The third-order valence-electron chi connectivity index (χ3n) is 1.84. The average molecular weight is 214 g/mol. The number of pyridine rings is 1. The van der Waals surface area contributed by atoms with Gasteiger partial charge in [-0.05, 0) is 13.0 Å². The molecule has 0 saturated carbocycles. The molecule has 0 saturated heterocycles. The quantitative estimate of drug-likeness (QED) is 0.794. The van der Waals surface area contributed by atoms with Crippen molar-refractivity contribution in [3.63, 3.8) is 0 Å². The maximum absolute atomic E-state index is 12.9. The van der Waals surface area contributed by atoms with Crippen LogP contribution in [0.3, 0.4) is 0 Å². The summed E-state index contributed by atoms with van der Waals surface area (Å²) in [4.78, 5) is 14.4. The number of aromatic nitrogens is 1. The predicted octanol–water partition coefficient (Wildman–Crippen LogP) is 1.40. The molecular formula is C9H11FN2O3. The third kappa shape index (κ3) is 2.15. The summed E-state index contributed by atoms with van der Waals surface area (Å²) in [6, 6.07) is 1.26. The van der Waals surface area contributed by atoms with Gasteiger partial charge in [0.15, 0.2) is 11.4 Å². The van der Waals surface area contributed by atoms with Gasteiger partial charge in [-0.25, -0.2) is 14.2 Å². The van der Waals surface area contributed by atoms with Crippen molar-refractivity contribution in [2.75, 3.05) is 12.8 Å². The monoisotopic (exact) mass is 214 g/mol. The van der Waals surface area contributed by atoms with Crippen molar-refractivity contribution in [3.05, 3.63) is 17.5 Å². The third-order valence-corrected chi connectivity index (χ3v) is 1.84. The first-order chi connectivity index (χ1) is 6.97. The van der Waals surface area contributed by atoms with E-state index in [0.717, 1.165) is 0 Å². The van der Waals surface area contributed by atoms with Crippen LogP contribution in [-0.2, 0) is 0 Å². The summed E-state index contributed by atoms with van der Waals surface area (Å²) in [7, 11) is 1.28. The Morgan fingerprint density at radius 1 is 1.73 bits per heavy atom.